The van der Waals surface area contributed by atoms with Crippen LogP contribution in [0.25, 0.3) is 0 Å². The van der Waals surface area contributed by atoms with Gasteiger partial charge in [-0.05, 0) is 51.2 Å². The maximum atomic E-state index is 12.3. The number of methoxy groups -OCH3 is 1. The number of carbonyl (C=O) groups is 2. The number of hydrogen-bond donors (Lipinski definition) is 4. The predicted molar refractivity (Wildman–Crippen MR) is 98.7 cm³/mol. The summed E-state index contributed by atoms with van der Waals surface area (Å²) in [6, 6.07) is 3.68. The van der Waals surface area contributed by atoms with Crippen molar-refractivity contribution >= 4 is 29.1 Å². The SMILES string of the molecule is COc1cc(C(=O)NCC(=O)NNC(=S)NC(C)(C)C)ccc1OC(F)F. The Morgan fingerprint density at radius 3 is 2.41 bits per heavy atom. The largest absolute Gasteiger partial charge is 0.493 e. The van der Waals surface area contributed by atoms with E-state index in [1.165, 1.54) is 25.3 Å². The topological polar surface area (TPSA) is 101 Å². The summed E-state index contributed by atoms with van der Waals surface area (Å²) in [4.78, 5) is 23.8. The minimum Gasteiger partial charge on any atom is -0.493 e. The van der Waals surface area contributed by atoms with Crippen LogP contribution >= 0.6 is 12.2 Å². The summed E-state index contributed by atoms with van der Waals surface area (Å²) in [5, 5.41) is 5.54. The number of hydrazine groups is 1. The van der Waals surface area contributed by atoms with Crippen LogP contribution in [0.15, 0.2) is 18.2 Å². The molecule has 0 aliphatic heterocycles. The van der Waals surface area contributed by atoms with Crippen molar-refractivity contribution in [3.63, 3.8) is 0 Å². The normalized spacial score (nSPS) is 10.8. The van der Waals surface area contributed by atoms with Crippen LogP contribution in [0.1, 0.15) is 31.1 Å². The first-order valence-electron chi connectivity index (χ1n) is 7.80. The van der Waals surface area contributed by atoms with E-state index in [1.54, 1.807) is 0 Å². The number of rotatable bonds is 6. The Labute approximate surface area is 160 Å². The molecule has 0 aromatic heterocycles. The first-order valence-corrected chi connectivity index (χ1v) is 8.20. The van der Waals surface area contributed by atoms with E-state index in [2.05, 4.69) is 26.2 Å². The Balaban J connectivity index is 2.54. The summed E-state index contributed by atoms with van der Waals surface area (Å²) >= 11 is 5.00. The average Bonchev–Trinajstić information content (AvgIpc) is 2.56. The molecule has 0 bridgehead atoms. The maximum absolute atomic E-state index is 12.3. The van der Waals surface area contributed by atoms with Gasteiger partial charge in [0.25, 0.3) is 11.8 Å². The van der Waals surface area contributed by atoms with E-state index < -0.39 is 18.4 Å². The maximum Gasteiger partial charge on any atom is 0.387 e. The number of thiocarbonyl (C=S) groups is 1. The van der Waals surface area contributed by atoms with Gasteiger partial charge in [0.15, 0.2) is 16.6 Å². The molecule has 4 N–H and O–H groups in total. The van der Waals surface area contributed by atoms with E-state index in [4.69, 9.17) is 17.0 Å². The van der Waals surface area contributed by atoms with Crippen LogP contribution < -0.4 is 31.0 Å². The van der Waals surface area contributed by atoms with Crippen LogP contribution in [-0.2, 0) is 4.79 Å². The van der Waals surface area contributed by atoms with Crippen molar-refractivity contribution in [3.05, 3.63) is 23.8 Å². The molecule has 0 aliphatic carbocycles. The second-order valence-electron chi connectivity index (χ2n) is 6.30. The Morgan fingerprint density at radius 1 is 1.19 bits per heavy atom. The Hall–Kier alpha value is -2.69. The fourth-order valence-electron chi connectivity index (χ4n) is 1.81. The lowest BCUT2D eigenvalue weighted by Crippen LogP contribution is -2.53. The summed E-state index contributed by atoms with van der Waals surface area (Å²) in [5.74, 6) is -1.37. The molecule has 11 heteroatoms. The monoisotopic (exact) mass is 404 g/mol. The first-order chi connectivity index (χ1) is 12.5. The zero-order valence-electron chi connectivity index (χ0n) is 15.3. The highest BCUT2D eigenvalue weighted by molar-refractivity contribution is 7.80. The molecule has 1 rings (SSSR count). The van der Waals surface area contributed by atoms with Crippen molar-refractivity contribution in [2.45, 2.75) is 32.9 Å². The van der Waals surface area contributed by atoms with Gasteiger partial charge in [0, 0.05) is 11.1 Å². The standard InChI is InChI=1S/C16H22F2N4O4S/c1-16(2,3)20-15(27)22-21-12(23)8-19-13(24)9-5-6-10(26-14(17)18)11(7-9)25-4/h5-7,14H,8H2,1-4H3,(H,19,24)(H,21,23)(H2,20,22,27). The number of halogens is 2. The van der Waals surface area contributed by atoms with Crippen molar-refractivity contribution < 1.29 is 27.8 Å². The lowest BCUT2D eigenvalue weighted by molar-refractivity contribution is -0.120. The molecule has 8 nitrogen and oxygen atoms in total. The smallest absolute Gasteiger partial charge is 0.387 e. The van der Waals surface area contributed by atoms with Gasteiger partial charge in [0.05, 0.1) is 13.7 Å². The molecule has 150 valence electrons. The number of amides is 2. The van der Waals surface area contributed by atoms with E-state index >= 15 is 0 Å². The third-order valence-electron chi connectivity index (χ3n) is 2.86. The van der Waals surface area contributed by atoms with E-state index in [-0.39, 0.29) is 34.3 Å². The van der Waals surface area contributed by atoms with E-state index in [0.29, 0.717) is 0 Å². The molecule has 0 unspecified atom stereocenters. The number of carbonyl (C=O) groups excluding carboxylic acids is 2. The second-order valence-corrected chi connectivity index (χ2v) is 6.71. The number of ether oxygens (including phenoxy) is 2. The van der Waals surface area contributed by atoms with Gasteiger partial charge in [0.2, 0.25) is 0 Å². The molecule has 0 fully saturated rings. The molecule has 0 heterocycles. The number of benzene rings is 1. The van der Waals surface area contributed by atoms with Gasteiger partial charge in [-0.15, -0.1) is 0 Å². The number of hydrogen-bond acceptors (Lipinski definition) is 5. The van der Waals surface area contributed by atoms with Crippen molar-refractivity contribution in [2.75, 3.05) is 13.7 Å². The zero-order chi connectivity index (χ0) is 20.6. The van der Waals surface area contributed by atoms with E-state index in [0.717, 1.165) is 0 Å². The molecular weight excluding hydrogens is 382 g/mol. The summed E-state index contributed by atoms with van der Waals surface area (Å²) in [5.41, 5.74) is 4.67. The summed E-state index contributed by atoms with van der Waals surface area (Å²) in [7, 11) is 1.25. The van der Waals surface area contributed by atoms with Gasteiger partial charge in [0.1, 0.15) is 0 Å². The summed E-state index contributed by atoms with van der Waals surface area (Å²) in [6.45, 7) is 2.34. The number of alkyl halides is 2. The van der Waals surface area contributed by atoms with Crippen molar-refractivity contribution in [2.24, 2.45) is 0 Å². The van der Waals surface area contributed by atoms with Crippen LogP contribution in [0, 0.1) is 0 Å². The molecule has 0 saturated heterocycles. The average molecular weight is 404 g/mol. The molecule has 1 aromatic rings. The minimum absolute atomic E-state index is 0.0346. The van der Waals surface area contributed by atoms with Gasteiger partial charge >= 0.3 is 6.61 Å². The van der Waals surface area contributed by atoms with Gasteiger partial charge in [-0.25, -0.2) is 0 Å². The molecule has 2 amide bonds. The van der Waals surface area contributed by atoms with Crippen LogP contribution in [0.4, 0.5) is 8.78 Å². The van der Waals surface area contributed by atoms with Crippen LogP contribution in [-0.4, -0.2) is 42.7 Å². The molecular formula is C16H22F2N4O4S. The number of nitrogens with one attached hydrogen (secondary N) is 4. The van der Waals surface area contributed by atoms with Crippen LogP contribution in [0.2, 0.25) is 0 Å². The van der Waals surface area contributed by atoms with Crippen molar-refractivity contribution in [1.29, 1.82) is 0 Å². The Kier molecular flexibility index (Phi) is 8.16. The highest BCUT2D eigenvalue weighted by atomic mass is 32.1. The third-order valence-corrected chi connectivity index (χ3v) is 3.06. The van der Waals surface area contributed by atoms with Crippen molar-refractivity contribution in [1.82, 2.24) is 21.5 Å². The second kappa shape index (κ2) is 9.86. The highest BCUT2D eigenvalue weighted by Gasteiger charge is 2.15. The van der Waals surface area contributed by atoms with Crippen LogP contribution in [0.3, 0.4) is 0 Å². The molecule has 0 radical (unpaired) electrons. The molecule has 0 atom stereocenters. The summed E-state index contributed by atoms with van der Waals surface area (Å²) < 4.78 is 33.8. The Morgan fingerprint density at radius 2 is 1.85 bits per heavy atom. The molecule has 0 aliphatic rings. The lowest BCUT2D eigenvalue weighted by atomic mass is 10.1. The summed E-state index contributed by atoms with van der Waals surface area (Å²) in [6.07, 6.45) is 0. The molecule has 0 saturated carbocycles. The molecule has 0 spiro atoms. The quantitative estimate of drug-likeness (QED) is 0.419. The van der Waals surface area contributed by atoms with E-state index in [1.807, 2.05) is 20.8 Å². The van der Waals surface area contributed by atoms with Gasteiger partial charge in [-0.1, -0.05) is 0 Å². The fraction of sp³-hybridized carbons (Fsp3) is 0.438. The minimum atomic E-state index is -3.02. The third kappa shape index (κ3) is 8.49. The van der Waals surface area contributed by atoms with Gasteiger partial charge in [-0.3, -0.25) is 20.4 Å². The Bertz CT molecular complexity index is 695. The molecule has 1 aromatic carbocycles. The van der Waals surface area contributed by atoms with Gasteiger partial charge in [-0.2, -0.15) is 8.78 Å². The van der Waals surface area contributed by atoms with E-state index in [9.17, 15) is 18.4 Å². The fourth-order valence-corrected chi connectivity index (χ4v) is 2.16. The first kappa shape index (κ1) is 22.4. The lowest BCUT2D eigenvalue weighted by Gasteiger charge is -2.23. The zero-order valence-corrected chi connectivity index (χ0v) is 16.1. The highest BCUT2D eigenvalue weighted by Crippen LogP contribution is 2.29. The predicted octanol–water partition coefficient (Wildman–Crippen LogP) is 1.32. The van der Waals surface area contributed by atoms with Crippen molar-refractivity contribution in [3.8, 4) is 11.5 Å². The van der Waals surface area contributed by atoms with Gasteiger partial charge < -0.3 is 20.1 Å². The molecule has 27 heavy (non-hydrogen) atoms. The van der Waals surface area contributed by atoms with Crippen LogP contribution in [0.5, 0.6) is 11.5 Å².